The molecule has 3 aromatic heterocycles. The van der Waals surface area contributed by atoms with E-state index in [4.69, 9.17) is 14.7 Å². The van der Waals surface area contributed by atoms with E-state index in [-0.39, 0.29) is 24.7 Å². The summed E-state index contributed by atoms with van der Waals surface area (Å²) in [5.41, 5.74) is 2.16. The van der Waals surface area contributed by atoms with Gasteiger partial charge in [0.15, 0.2) is 0 Å². The molecule has 1 aromatic carbocycles. The van der Waals surface area contributed by atoms with Crippen molar-refractivity contribution >= 4 is 44.4 Å². The normalized spacial score (nSPS) is 15.5. The number of likely N-dealkylation sites (tertiary alicyclic amines) is 1. The largest absolute Gasteiger partial charge is 0.456 e. The highest BCUT2D eigenvalue weighted by Gasteiger charge is 2.30. The van der Waals surface area contributed by atoms with Crippen LogP contribution in [0.5, 0.6) is 11.5 Å². The predicted molar refractivity (Wildman–Crippen MR) is 132 cm³/mol. The predicted octanol–water partition coefficient (Wildman–Crippen LogP) is 4.64. The lowest BCUT2D eigenvalue weighted by Crippen LogP contribution is -2.36. The van der Waals surface area contributed by atoms with Gasteiger partial charge in [0.1, 0.15) is 24.3 Å². The number of nitrogens with one attached hydrogen (secondary N) is 1. The SMILES string of the molecule is COC1CCCN1C(=O)c1cc2nccc(Oc3ccc4c(c3)cc(C)n4C(=O)NCC#N)c2s1. The van der Waals surface area contributed by atoms with Crippen molar-refractivity contribution in [3.63, 3.8) is 0 Å². The zero-order chi connectivity index (χ0) is 24.5. The summed E-state index contributed by atoms with van der Waals surface area (Å²) in [6, 6.07) is 12.5. The van der Waals surface area contributed by atoms with E-state index in [0.717, 1.165) is 28.6 Å². The zero-order valence-corrected chi connectivity index (χ0v) is 20.1. The minimum atomic E-state index is -0.354. The summed E-state index contributed by atoms with van der Waals surface area (Å²) < 4.78 is 14.0. The number of aromatic nitrogens is 2. The average molecular weight is 490 g/mol. The van der Waals surface area contributed by atoms with E-state index in [1.165, 1.54) is 15.9 Å². The second-order valence-electron chi connectivity index (χ2n) is 8.23. The molecule has 0 bridgehead atoms. The van der Waals surface area contributed by atoms with Crippen LogP contribution in [-0.2, 0) is 4.74 Å². The molecule has 1 atom stereocenters. The van der Waals surface area contributed by atoms with Crippen LogP contribution in [0.2, 0.25) is 0 Å². The van der Waals surface area contributed by atoms with Gasteiger partial charge in [-0.15, -0.1) is 11.3 Å². The maximum Gasteiger partial charge on any atom is 0.327 e. The van der Waals surface area contributed by atoms with E-state index in [9.17, 15) is 9.59 Å². The Morgan fingerprint density at radius 3 is 2.94 bits per heavy atom. The summed E-state index contributed by atoms with van der Waals surface area (Å²) >= 11 is 1.35. The number of hydrogen-bond donors (Lipinski definition) is 1. The molecule has 2 amide bonds. The second kappa shape index (κ2) is 9.37. The molecule has 1 aliphatic heterocycles. The molecule has 10 heteroatoms. The molecule has 0 radical (unpaired) electrons. The standard InChI is InChI=1S/C25H23N5O4S/c1-15-12-16-13-17(5-6-19(16)30(15)25(32)28-10-8-26)34-20-7-9-27-18-14-21(35-23(18)20)24(31)29-11-3-4-22(29)33-2/h5-7,9,12-14,22H,3-4,10-11H2,1-2H3,(H,28,32). The molecule has 5 rings (SSSR count). The molecule has 0 spiro atoms. The van der Waals surface area contributed by atoms with Crippen LogP contribution in [-0.4, -0.2) is 52.8 Å². The van der Waals surface area contributed by atoms with Crippen molar-refractivity contribution in [2.24, 2.45) is 0 Å². The maximum atomic E-state index is 13.1. The Kier molecular flexibility index (Phi) is 6.11. The number of carbonyl (C=O) groups excluding carboxylic acids is 2. The monoisotopic (exact) mass is 489 g/mol. The molecule has 1 fully saturated rings. The Bertz CT molecular complexity index is 1480. The van der Waals surface area contributed by atoms with Gasteiger partial charge < -0.3 is 19.7 Å². The number of hydrogen-bond acceptors (Lipinski definition) is 7. The van der Waals surface area contributed by atoms with Crippen LogP contribution in [0, 0.1) is 18.3 Å². The molecule has 178 valence electrons. The number of fused-ring (bicyclic) bond motifs is 2. The van der Waals surface area contributed by atoms with Gasteiger partial charge >= 0.3 is 6.03 Å². The van der Waals surface area contributed by atoms with E-state index >= 15 is 0 Å². The maximum absolute atomic E-state index is 13.1. The van der Waals surface area contributed by atoms with Gasteiger partial charge in [-0.3, -0.25) is 14.3 Å². The van der Waals surface area contributed by atoms with Crippen LogP contribution in [0.25, 0.3) is 21.1 Å². The number of pyridine rings is 1. The summed E-state index contributed by atoms with van der Waals surface area (Å²) in [6.07, 6.45) is 3.22. The molecule has 9 nitrogen and oxygen atoms in total. The van der Waals surface area contributed by atoms with Crippen LogP contribution in [0.15, 0.2) is 42.6 Å². The van der Waals surface area contributed by atoms with Crippen molar-refractivity contribution in [1.82, 2.24) is 19.8 Å². The molecular weight excluding hydrogens is 466 g/mol. The van der Waals surface area contributed by atoms with E-state index in [1.807, 2.05) is 31.2 Å². The Labute approximate surface area is 205 Å². The Balaban J connectivity index is 1.43. The summed E-state index contributed by atoms with van der Waals surface area (Å²) in [5.74, 6) is 1.14. The summed E-state index contributed by atoms with van der Waals surface area (Å²) in [6.45, 7) is 2.44. The van der Waals surface area contributed by atoms with E-state index in [1.54, 1.807) is 36.4 Å². The number of nitrogens with zero attached hydrogens (tertiary/aromatic N) is 4. The molecule has 1 aliphatic rings. The highest BCUT2D eigenvalue weighted by atomic mass is 32.1. The van der Waals surface area contributed by atoms with E-state index in [2.05, 4.69) is 10.3 Å². The molecule has 35 heavy (non-hydrogen) atoms. The Morgan fingerprint density at radius 1 is 1.29 bits per heavy atom. The number of nitriles is 1. The van der Waals surface area contributed by atoms with Crippen LogP contribution < -0.4 is 10.1 Å². The van der Waals surface area contributed by atoms with Crippen molar-refractivity contribution in [2.75, 3.05) is 20.2 Å². The molecule has 1 saturated heterocycles. The van der Waals surface area contributed by atoms with Gasteiger partial charge in [-0.2, -0.15) is 5.26 Å². The van der Waals surface area contributed by atoms with E-state index in [0.29, 0.717) is 34.0 Å². The van der Waals surface area contributed by atoms with Gasteiger partial charge in [0.2, 0.25) is 0 Å². The molecule has 4 aromatic rings. The summed E-state index contributed by atoms with van der Waals surface area (Å²) in [4.78, 5) is 32.3. The average Bonchev–Trinajstić information content (AvgIpc) is 3.58. The molecule has 4 heterocycles. The van der Waals surface area contributed by atoms with Crippen molar-refractivity contribution in [3.8, 4) is 17.6 Å². The number of ether oxygens (including phenoxy) is 2. The van der Waals surface area contributed by atoms with Crippen molar-refractivity contribution in [2.45, 2.75) is 26.0 Å². The minimum absolute atomic E-state index is 0.0591. The van der Waals surface area contributed by atoms with Gasteiger partial charge in [0, 0.05) is 37.0 Å². The number of aryl methyl sites for hydroxylation is 1. The third-order valence-electron chi connectivity index (χ3n) is 6.02. The first-order valence-corrected chi connectivity index (χ1v) is 12.0. The number of amides is 2. The Hall–Kier alpha value is -3.94. The molecule has 0 saturated carbocycles. The first-order chi connectivity index (χ1) is 17.0. The topological polar surface area (TPSA) is 109 Å². The van der Waals surface area contributed by atoms with Crippen molar-refractivity contribution in [1.29, 1.82) is 5.26 Å². The lowest BCUT2D eigenvalue weighted by molar-refractivity contribution is 0.00195. The second-order valence-corrected chi connectivity index (χ2v) is 9.28. The summed E-state index contributed by atoms with van der Waals surface area (Å²) in [7, 11) is 1.62. The lowest BCUT2D eigenvalue weighted by Gasteiger charge is -2.22. The number of benzene rings is 1. The molecule has 1 N–H and O–H groups in total. The van der Waals surface area contributed by atoms with Gasteiger partial charge in [-0.1, -0.05) is 0 Å². The van der Waals surface area contributed by atoms with Gasteiger partial charge in [-0.05, 0) is 50.1 Å². The van der Waals surface area contributed by atoms with Crippen molar-refractivity contribution < 1.29 is 19.1 Å². The quantitative estimate of drug-likeness (QED) is 0.409. The van der Waals surface area contributed by atoms with Crippen LogP contribution in [0.1, 0.15) is 28.2 Å². The number of rotatable bonds is 5. The third-order valence-corrected chi connectivity index (χ3v) is 7.15. The number of methoxy groups -OCH3 is 1. The molecular formula is C25H23N5O4S. The number of carbonyl (C=O) groups is 2. The van der Waals surface area contributed by atoms with Crippen molar-refractivity contribution in [3.05, 3.63) is 53.2 Å². The highest BCUT2D eigenvalue weighted by Crippen LogP contribution is 2.37. The van der Waals surface area contributed by atoms with E-state index < -0.39 is 0 Å². The number of thiophene rings is 1. The fourth-order valence-electron chi connectivity index (χ4n) is 4.44. The first kappa shape index (κ1) is 22.8. The van der Waals surface area contributed by atoms with Crippen LogP contribution in [0.3, 0.4) is 0 Å². The van der Waals surface area contributed by atoms with Crippen LogP contribution in [0.4, 0.5) is 4.79 Å². The van der Waals surface area contributed by atoms with Gasteiger partial charge in [0.25, 0.3) is 5.91 Å². The molecule has 0 aliphatic carbocycles. The minimum Gasteiger partial charge on any atom is -0.456 e. The lowest BCUT2D eigenvalue weighted by atomic mass is 10.2. The van der Waals surface area contributed by atoms with Gasteiger partial charge in [0.05, 0.1) is 26.7 Å². The first-order valence-electron chi connectivity index (χ1n) is 11.2. The van der Waals surface area contributed by atoms with Crippen LogP contribution >= 0.6 is 11.3 Å². The summed E-state index contributed by atoms with van der Waals surface area (Å²) in [5, 5.41) is 12.1. The Morgan fingerprint density at radius 2 is 2.14 bits per heavy atom. The fourth-order valence-corrected chi connectivity index (χ4v) is 5.46. The fraction of sp³-hybridized carbons (Fsp3) is 0.280. The molecule has 1 unspecified atom stereocenters. The zero-order valence-electron chi connectivity index (χ0n) is 19.3. The highest BCUT2D eigenvalue weighted by molar-refractivity contribution is 7.21. The van der Waals surface area contributed by atoms with Gasteiger partial charge in [-0.25, -0.2) is 4.79 Å². The third kappa shape index (κ3) is 4.20. The smallest absolute Gasteiger partial charge is 0.327 e.